The van der Waals surface area contributed by atoms with Gasteiger partial charge in [0.1, 0.15) is 5.39 Å². The molecule has 2 aliphatic rings. The fraction of sp³-hybridized carbons (Fsp3) is 0.231. The highest BCUT2D eigenvalue weighted by Gasteiger charge is 2.44. The maximum atomic E-state index is 13.5. The van der Waals surface area contributed by atoms with E-state index in [9.17, 15) is 4.79 Å². The highest BCUT2D eigenvalue weighted by Crippen LogP contribution is 2.39. The number of nitrogens with zero attached hydrogens (tertiary/aromatic N) is 6. The predicted octanol–water partition coefficient (Wildman–Crippen LogP) is 4.28. The smallest absolute Gasteiger partial charge is 0.270 e. The van der Waals surface area contributed by atoms with Gasteiger partial charge in [0, 0.05) is 55.0 Å². The molecule has 0 amide bonds. The monoisotopic (exact) mass is 532 g/mol. The lowest BCUT2D eigenvalue weighted by molar-refractivity contribution is 0.243. The number of hydrogen-bond donors (Lipinski definition) is 2. The van der Waals surface area contributed by atoms with Crippen LogP contribution in [0.2, 0.25) is 10.0 Å². The summed E-state index contributed by atoms with van der Waals surface area (Å²) in [5.41, 5.74) is 2.96. The molecule has 11 heteroatoms. The van der Waals surface area contributed by atoms with Gasteiger partial charge in [0.05, 0.1) is 15.7 Å². The number of rotatable bonds is 4. The van der Waals surface area contributed by atoms with Crippen LogP contribution in [0, 0.1) is 5.41 Å². The first-order valence-electron chi connectivity index (χ1n) is 12.0. The Balaban J connectivity index is 1.21. The minimum atomic E-state index is -0.357. The predicted molar refractivity (Wildman–Crippen MR) is 146 cm³/mol. The van der Waals surface area contributed by atoms with Crippen molar-refractivity contribution in [1.29, 1.82) is 0 Å². The first-order valence-corrected chi connectivity index (χ1v) is 12.8. The summed E-state index contributed by atoms with van der Waals surface area (Å²) < 4.78 is 3.12. The summed E-state index contributed by atoms with van der Waals surface area (Å²) in [5, 5.41) is 7.73. The third-order valence-electron chi connectivity index (χ3n) is 7.29. The minimum absolute atomic E-state index is 0.315. The van der Waals surface area contributed by atoms with E-state index in [4.69, 9.17) is 23.2 Å². The van der Waals surface area contributed by atoms with Gasteiger partial charge in [-0.3, -0.25) is 9.20 Å². The van der Waals surface area contributed by atoms with E-state index in [0.717, 1.165) is 31.9 Å². The molecule has 0 radical (unpaired) electrons. The van der Waals surface area contributed by atoms with Crippen LogP contribution in [0.3, 0.4) is 0 Å². The maximum absolute atomic E-state index is 13.5. The summed E-state index contributed by atoms with van der Waals surface area (Å²) in [4.78, 5) is 29.4. The third kappa shape index (κ3) is 3.65. The first-order chi connectivity index (χ1) is 18.0. The molecular formula is C26H22Cl2N8O. The second kappa shape index (κ2) is 8.44. The van der Waals surface area contributed by atoms with Gasteiger partial charge in [0.2, 0.25) is 11.7 Å². The van der Waals surface area contributed by atoms with Crippen molar-refractivity contribution in [1.82, 2.24) is 29.2 Å². The molecule has 2 aromatic carbocycles. The highest BCUT2D eigenvalue weighted by molar-refractivity contribution is 6.37. The van der Waals surface area contributed by atoms with Crippen LogP contribution in [0.1, 0.15) is 6.42 Å². The van der Waals surface area contributed by atoms with Gasteiger partial charge >= 0.3 is 0 Å². The molecule has 2 aliphatic heterocycles. The molecule has 3 aromatic heterocycles. The molecule has 0 bridgehead atoms. The number of imidazole rings is 1. The Hall–Kier alpha value is -3.66. The molecule has 5 aromatic rings. The molecule has 9 nitrogen and oxygen atoms in total. The van der Waals surface area contributed by atoms with Gasteiger partial charge in [-0.05, 0) is 49.4 Å². The van der Waals surface area contributed by atoms with Crippen LogP contribution in [0.25, 0.3) is 22.5 Å². The summed E-state index contributed by atoms with van der Waals surface area (Å²) in [6.45, 7) is 4.43. The van der Waals surface area contributed by atoms with Gasteiger partial charge in [-0.15, -0.1) is 0 Å². The van der Waals surface area contributed by atoms with Crippen molar-refractivity contribution < 1.29 is 0 Å². The maximum Gasteiger partial charge on any atom is 0.270 e. The zero-order valence-corrected chi connectivity index (χ0v) is 21.2. The molecule has 0 unspecified atom stereocenters. The molecule has 1 spiro atoms. The molecule has 2 saturated heterocycles. The number of para-hydroxylation sites is 1. The van der Waals surface area contributed by atoms with Crippen LogP contribution < -0.4 is 21.1 Å². The van der Waals surface area contributed by atoms with E-state index in [1.807, 2.05) is 12.1 Å². The molecule has 2 N–H and O–H groups in total. The normalized spacial score (nSPS) is 16.5. The van der Waals surface area contributed by atoms with Crippen molar-refractivity contribution in [2.24, 2.45) is 5.41 Å². The van der Waals surface area contributed by atoms with Crippen molar-refractivity contribution in [3.05, 3.63) is 81.5 Å². The molecular weight excluding hydrogens is 511 g/mol. The van der Waals surface area contributed by atoms with E-state index in [-0.39, 0.29) is 5.56 Å². The number of nitrogens with one attached hydrogen (secondary N) is 2. The zero-order valence-electron chi connectivity index (χ0n) is 19.7. The van der Waals surface area contributed by atoms with Crippen molar-refractivity contribution >= 4 is 57.3 Å². The van der Waals surface area contributed by atoms with Gasteiger partial charge < -0.3 is 15.5 Å². The van der Waals surface area contributed by atoms with E-state index in [0.29, 0.717) is 43.9 Å². The van der Waals surface area contributed by atoms with Gasteiger partial charge in [0.25, 0.3) is 5.56 Å². The van der Waals surface area contributed by atoms with E-state index in [1.165, 1.54) is 22.9 Å². The molecule has 5 heterocycles. The fourth-order valence-corrected chi connectivity index (χ4v) is 5.97. The Morgan fingerprint density at radius 1 is 1.03 bits per heavy atom. The quantitative estimate of drug-likeness (QED) is 0.356. The van der Waals surface area contributed by atoms with Crippen LogP contribution in [-0.2, 0) is 0 Å². The fourth-order valence-electron chi connectivity index (χ4n) is 5.41. The highest BCUT2D eigenvalue weighted by atomic mass is 35.5. The van der Waals surface area contributed by atoms with E-state index in [1.54, 1.807) is 35.0 Å². The molecule has 7 rings (SSSR count). The topological polar surface area (TPSA) is 92.4 Å². The second-order valence-electron chi connectivity index (χ2n) is 9.69. The van der Waals surface area contributed by atoms with Crippen molar-refractivity contribution in [2.75, 3.05) is 36.4 Å². The van der Waals surface area contributed by atoms with Crippen molar-refractivity contribution in [3.8, 4) is 5.69 Å². The zero-order chi connectivity index (χ0) is 25.1. The number of anilines is 3. The standard InChI is InChI=1S/C26H22Cl2N8O/c27-19-2-1-3-20(28)21(19)36-23(37)18-12-31-24(33-22(18)35-11-10-30-25(35)36)32-16-4-6-17(7-5-16)34-14-26(15-34)8-9-29-13-26/h1-7,10-12,29H,8-9,13-15H2,(H,31,32,33). The number of hydrogen-bond acceptors (Lipinski definition) is 7. The van der Waals surface area contributed by atoms with Gasteiger partial charge in [-0.25, -0.2) is 14.5 Å². The Morgan fingerprint density at radius 2 is 1.81 bits per heavy atom. The van der Waals surface area contributed by atoms with Gasteiger partial charge in [-0.1, -0.05) is 29.3 Å². The third-order valence-corrected chi connectivity index (χ3v) is 7.90. The minimum Gasteiger partial charge on any atom is -0.370 e. The van der Waals surface area contributed by atoms with E-state index < -0.39 is 0 Å². The summed E-state index contributed by atoms with van der Waals surface area (Å²) in [7, 11) is 0. The largest absolute Gasteiger partial charge is 0.370 e. The van der Waals surface area contributed by atoms with Gasteiger partial charge in [0.15, 0.2) is 5.65 Å². The Bertz CT molecular complexity index is 1700. The van der Waals surface area contributed by atoms with Crippen molar-refractivity contribution in [3.63, 3.8) is 0 Å². The number of fused-ring (bicyclic) bond motifs is 3. The number of benzene rings is 2. The lowest BCUT2D eigenvalue weighted by Gasteiger charge is -2.49. The average molecular weight is 533 g/mol. The Morgan fingerprint density at radius 3 is 2.54 bits per heavy atom. The average Bonchev–Trinajstić information content (AvgIpc) is 3.56. The molecule has 0 saturated carbocycles. The number of halogens is 2. The summed E-state index contributed by atoms with van der Waals surface area (Å²) in [6.07, 6.45) is 6.11. The molecule has 0 aliphatic carbocycles. The first kappa shape index (κ1) is 22.5. The van der Waals surface area contributed by atoms with Crippen LogP contribution in [-0.4, -0.2) is 50.1 Å². The summed E-state index contributed by atoms with van der Waals surface area (Å²) in [5.74, 6) is 0.731. The van der Waals surface area contributed by atoms with Crippen LogP contribution in [0.4, 0.5) is 17.3 Å². The molecule has 186 valence electrons. The second-order valence-corrected chi connectivity index (χ2v) is 10.5. The lowest BCUT2D eigenvalue weighted by Crippen LogP contribution is -2.57. The molecule has 37 heavy (non-hydrogen) atoms. The lowest BCUT2D eigenvalue weighted by atomic mass is 9.79. The molecule has 2 fully saturated rings. The Labute approximate surface area is 221 Å². The Kier molecular flexibility index (Phi) is 5.14. The van der Waals surface area contributed by atoms with Crippen LogP contribution in [0.5, 0.6) is 0 Å². The van der Waals surface area contributed by atoms with Crippen molar-refractivity contribution in [2.45, 2.75) is 6.42 Å². The SMILES string of the molecule is O=c1c2cnc(Nc3ccc(N4CC5(CCNC5)C4)cc3)nc2n2ccnc2n1-c1c(Cl)cccc1Cl. The molecule has 0 atom stereocenters. The summed E-state index contributed by atoms with van der Waals surface area (Å²) in [6, 6.07) is 13.3. The van der Waals surface area contributed by atoms with E-state index in [2.05, 4.69) is 42.6 Å². The van der Waals surface area contributed by atoms with Crippen LogP contribution in [0.15, 0.2) is 65.8 Å². The summed E-state index contributed by atoms with van der Waals surface area (Å²) >= 11 is 12.8. The number of aromatic nitrogens is 5. The van der Waals surface area contributed by atoms with Crippen LogP contribution >= 0.6 is 23.2 Å². The van der Waals surface area contributed by atoms with E-state index >= 15 is 0 Å². The van der Waals surface area contributed by atoms with Gasteiger partial charge in [-0.2, -0.15) is 4.98 Å².